The molecule has 0 aromatic heterocycles. The number of halogens is 1. The number of nitrogens with one attached hydrogen (secondary N) is 1. The van der Waals surface area contributed by atoms with Crippen molar-refractivity contribution in [3.8, 4) is 6.07 Å². The number of nitriles is 1. The van der Waals surface area contributed by atoms with Crippen LogP contribution in [-0.2, 0) is 0 Å². The molecule has 1 N–H and O–H groups in total. The van der Waals surface area contributed by atoms with Crippen molar-refractivity contribution in [3.05, 3.63) is 29.6 Å². The molecule has 2 rings (SSSR count). The Morgan fingerprint density at radius 3 is 2.72 bits per heavy atom. The zero-order valence-electron chi connectivity index (χ0n) is 10.7. The summed E-state index contributed by atoms with van der Waals surface area (Å²) in [4.78, 5) is 0. The Labute approximate surface area is 108 Å². The summed E-state index contributed by atoms with van der Waals surface area (Å²) in [6, 6.07) is 6.73. The summed E-state index contributed by atoms with van der Waals surface area (Å²) in [5.41, 5.74) is 1.13. The van der Waals surface area contributed by atoms with Crippen molar-refractivity contribution >= 4 is 5.69 Å². The molecule has 0 amide bonds. The lowest BCUT2D eigenvalue weighted by Crippen LogP contribution is -2.28. The second-order valence-electron chi connectivity index (χ2n) is 5.13. The number of rotatable bonds is 3. The van der Waals surface area contributed by atoms with E-state index in [2.05, 4.69) is 12.2 Å². The van der Waals surface area contributed by atoms with Crippen LogP contribution in [0.4, 0.5) is 10.1 Å². The lowest BCUT2D eigenvalue weighted by molar-refractivity contribution is 0.328. The van der Waals surface area contributed by atoms with E-state index in [-0.39, 0.29) is 5.82 Å². The molecule has 0 aliphatic heterocycles. The first-order chi connectivity index (χ1) is 8.70. The van der Waals surface area contributed by atoms with Crippen LogP contribution in [0.15, 0.2) is 18.2 Å². The molecule has 1 aliphatic carbocycles. The summed E-state index contributed by atoms with van der Waals surface area (Å²) in [7, 11) is 0. The normalized spacial score (nSPS) is 18.1. The third kappa shape index (κ3) is 3.01. The van der Waals surface area contributed by atoms with E-state index in [0.29, 0.717) is 17.5 Å². The van der Waals surface area contributed by atoms with Crippen molar-refractivity contribution in [1.82, 2.24) is 0 Å². The Balaban J connectivity index is 2.06. The highest BCUT2D eigenvalue weighted by molar-refractivity contribution is 5.57. The molecule has 96 valence electrons. The lowest BCUT2D eigenvalue weighted by Gasteiger charge is -2.29. The Morgan fingerprint density at radius 1 is 1.33 bits per heavy atom. The van der Waals surface area contributed by atoms with Gasteiger partial charge in [0.2, 0.25) is 0 Å². The summed E-state index contributed by atoms with van der Waals surface area (Å²) in [6.07, 6.45) is 6.42. The Bertz CT molecular complexity index is 444. The monoisotopic (exact) mass is 246 g/mol. The molecule has 1 unspecified atom stereocenters. The second kappa shape index (κ2) is 5.86. The molecule has 0 spiro atoms. The molecule has 0 saturated heterocycles. The maximum Gasteiger partial charge on any atom is 0.124 e. The highest BCUT2D eigenvalue weighted by atomic mass is 19.1. The fraction of sp³-hybridized carbons (Fsp3) is 0.533. The van der Waals surface area contributed by atoms with Gasteiger partial charge in [0.05, 0.1) is 11.3 Å². The van der Waals surface area contributed by atoms with Gasteiger partial charge in [-0.2, -0.15) is 5.26 Å². The Hall–Kier alpha value is -1.56. The van der Waals surface area contributed by atoms with E-state index in [1.165, 1.54) is 44.2 Å². The van der Waals surface area contributed by atoms with Crippen molar-refractivity contribution in [2.75, 3.05) is 5.32 Å². The molecule has 0 bridgehead atoms. The molecular weight excluding hydrogens is 227 g/mol. The SMILES string of the molecule is CC(Nc1ccc(F)cc1C#N)C1CCCCC1. The van der Waals surface area contributed by atoms with Crippen LogP contribution in [0, 0.1) is 23.1 Å². The molecule has 1 atom stereocenters. The summed E-state index contributed by atoms with van der Waals surface area (Å²) < 4.78 is 13.0. The van der Waals surface area contributed by atoms with Crippen molar-refractivity contribution in [2.24, 2.45) is 5.92 Å². The van der Waals surface area contributed by atoms with Gasteiger partial charge in [-0.15, -0.1) is 0 Å². The lowest BCUT2D eigenvalue weighted by atomic mass is 9.84. The molecule has 2 nitrogen and oxygen atoms in total. The van der Waals surface area contributed by atoms with Crippen LogP contribution in [0.1, 0.15) is 44.6 Å². The maximum absolute atomic E-state index is 13.0. The molecular formula is C15H19FN2. The van der Waals surface area contributed by atoms with Gasteiger partial charge in [-0.1, -0.05) is 19.3 Å². The summed E-state index contributed by atoms with van der Waals surface area (Å²) in [5, 5.41) is 12.4. The molecule has 1 aromatic carbocycles. The van der Waals surface area contributed by atoms with Gasteiger partial charge in [0.1, 0.15) is 11.9 Å². The smallest absolute Gasteiger partial charge is 0.124 e. The average molecular weight is 246 g/mol. The van der Waals surface area contributed by atoms with Crippen LogP contribution < -0.4 is 5.32 Å². The van der Waals surface area contributed by atoms with Crippen LogP contribution in [0.3, 0.4) is 0 Å². The minimum atomic E-state index is -0.359. The van der Waals surface area contributed by atoms with E-state index >= 15 is 0 Å². The first-order valence-electron chi connectivity index (χ1n) is 6.67. The van der Waals surface area contributed by atoms with E-state index in [1.54, 1.807) is 6.07 Å². The van der Waals surface area contributed by atoms with E-state index < -0.39 is 0 Å². The Morgan fingerprint density at radius 2 is 2.06 bits per heavy atom. The van der Waals surface area contributed by atoms with Gasteiger partial charge in [0.15, 0.2) is 0 Å². The van der Waals surface area contributed by atoms with Gasteiger partial charge < -0.3 is 5.32 Å². The molecule has 1 fully saturated rings. The first kappa shape index (κ1) is 12.9. The zero-order chi connectivity index (χ0) is 13.0. The quantitative estimate of drug-likeness (QED) is 0.872. The topological polar surface area (TPSA) is 35.8 Å². The average Bonchev–Trinajstić information content (AvgIpc) is 2.41. The van der Waals surface area contributed by atoms with Gasteiger partial charge in [-0.25, -0.2) is 4.39 Å². The highest BCUT2D eigenvalue weighted by Gasteiger charge is 2.20. The van der Waals surface area contributed by atoms with Crippen LogP contribution >= 0.6 is 0 Å². The van der Waals surface area contributed by atoms with Crippen LogP contribution in [0.25, 0.3) is 0 Å². The number of benzene rings is 1. The molecule has 0 heterocycles. The molecule has 1 saturated carbocycles. The molecule has 1 aromatic rings. The van der Waals surface area contributed by atoms with Crippen molar-refractivity contribution in [3.63, 3.8) is 0 Å². The third-order valence-corrected chi connectivity index (χ3v) is 3.84. The first-order valence-corrected chi connectivity index (χ1v) is 6.67. The Kier molecular flexibility index (Phi) is 4.19. The number of nitrogens with zero attached hydrogens (tertiary/aromatic N) is 1. The number of hydrogen-bond acceptors (Lipinski definition) is 2. The summed E-state index contributed by atoms with van der Waals surface area (Å²) >= 11 is 0. The van der Waals surface area contributed by atoms with E-state index in [1.807, 2.05) is 6.07 Å². The standard InChI is InChI=1S/C15H19FN2/c1-11(12-5-3-2-4-6-12)18-15-8-7-14(16)9-13(15)10-17/h7-9,11-12,18H,2-6H2,1H3. The highest BCUT2D eigenvalue weighted by Crippen LogP contribution is 2.28. The fourth-order valence-electron chi connectivity index (χ4n) is 2.73. The number of anilines is 1. The van der Waals surface area contributed by atoms with E-state index in [4.69, 9.17) is 5.26 Å². The third-order valence-electron chi connectivity index (χ3n) is 3.84. The van der Waals surface area contributed by atoms with Crippen molar-refractivity contribution in [2.45, 2.75) is 45.1 Å². The van der Waals surface area contributed by atoms with E-state index in [9.17, 15) is 4.39 Å². The molecule has 0 radical (unpaired) electrons. The predicted octanol–water partition coefficient (Wildman–Crippen LogP) is 4.08. The van der Waals surface area contributed by atoms with Gasteiger partial charge in [-0.3, -0.25) is 0 Å². The van der Waals surface area contributed by atoms with Crippen molar-refractivity contribution < 1.29 is 4.39 Å². The summed E-state index contributed by atoms with van der Waals surface area (Å²) in [5.74, 6) is 0.303. The van der Waals surface area contributed by atoms with Gasteiger partial charge in [0.25, 0.3) is 0 Å². The minimum Gasteiger partial charge on any atom is -0.381 e. The largest absolute Gasteiger partial charge is 0.381 e. The van der Waals surface area contributed by atoms with Gasteiger partial charge >= 0.3 is 0 Å². The number of hydrogen-bond donors (Lipinski definition) is 1. The van der Waals surface area contributed by atoms with Crippen molar-refractivity contribution in [1.29, 1.82) is 5.26 Å². The molecule has 3 heteroatoms. The summed E-state index contributed by atoms with van der Waals surface area (Å²) in [6.45, 7) is 2.15. The van der Waals surface area contributed by atoms with E-state index in [0.717, 1.165) is 5.69 Å². The van der Waals surface area contributed by atoms with Crippen LogP contribution in [0.5, 0.6) is 0 Å². The zero-order valence-corrected chi connectivity index (χ0v) is 10.7. The maximum atomic E-state index is 13.0. The molecule has 1 aliphatic rings. The van der Waals surface area contributed by atoms with Crippen LogP contribution in [0.2, 0.25) is 0 Å². The van der Waals surface area contributed by atoms with Gasteiger partial charge in [-0.05, 0) is 43.9 Å². The second-order valence-corrected chi connectivity index (χ2v) is 5.13. The van der Waals surface area contributed by atoms with Crippen LogP contribution in [-0.4, -0.2) is 6.04 Å². The molecule has 18 heavy (non-hydrogen) atoms. The minimum absolute atomic E-state index is 0.336. The van der Waals surface area contributed by atoms with Gasteiger partial charge in [0, 0.05) is 6.04 Å². The fourth-order valence-corrected chi connectivity index (χ4v) is 2.73. The predicted molar refractivity (Wildman–Crippen MR) is 70.8 cm³/mol.